The molecule has 0 fully saturated rings. The van der Waals surface area contributed by atoms with Crippen LogP contribution in [0.4, 0.5) is 23.1 Å². The lowest BCUT2D eigenvalue weighted by atomic mass is 10.2. The van der Waals surface area contributed by atoms with E-state index in [1.165, 1.54) is 0 Å². The van der Waals surface area contributed by atoms with Crippen LogP contribution in [0.15, 0.2) is 42.6 Å². The molecule has 0 radical (unpaired) electrons. The van der Waals surface area contributed by atoms with E-state index in [4.69, 9.17) is 23.2 Å². The molecule has 122 valence electrons. The van der Waals surface area contributed by atoms with E-state index in [0.717, 1.165) is 22.5 Å². The van der Waals surface area contributed by atoms with Gasteiger partial charge in [0.1, 0.15) is 0 Å². The zero-order chi connectivity index (χ0) is 17.1. The van der Waals surface area contributed by atoms with Crippen molar-refractivity contribution in [2.75, 3.05) is 10.6 Å². The summed E-state index contributed by atoms with van der Waals surface area (Å²) in [6.07, 6.45) is 1.55. The third kappa shape index (κ3) is 3.75. The number of aromatic nitrogens is 3. The Bertz CT molecular complexity index is 883. The molecule has 3 aromatic rings. The molecule has 0 bridgehead atoms. The summed E-state index contributed by atoms with van der Waals surface area (Å²) in [7, 11) is 0. The first-order valence-corrected chi connectivity index (χ1v) is 8.03. The molecule has 24 heavy (non-hydrogen) atoms. The molecule has 0 aliphatic carbocycles. The Kier molecular flexibility index (Phi) is 4.83. The van der Waals surface area contributed by atoms with Crippen LogP contribution in [0.1, 0.15) is 11.1 Å². The van der Waals surface area contributed by atoms with Gasteiger partial charge in [0.15, 0.2) is 5.82 Å². The first-order valence-electron chi connectivity index (χ1n) is 7.28. The van der Waals surface area contributed by atoms with Crippen LogP contribution in [0.3, 0.4) is 0 Å². The van der Waals surface area contributed by atoms with Crippen LogP contribution in [0.25, 0.3) is 0 Å². The highest BCUT2D eigenvalue weighted by atomic mass is 35.5. The zero-order valence-corrected chi connectivity index (χ0v) is 14.7. The van der Waals surface area contributed by atoms with E-state index in [1.54, 1.807) is 6.20 Å². The maximum atomic E-state index is 6.14. The lowest BCUT2D eigenvalue weighted by Crippen LogP contribution is -2.03. The van der Waals surface area contributed by atoms with Gasteiger partial charge in [-0.2, -0.15) is 10.1 Å². The predicted molar refractivity (Wildman–Crippen MR) is 98.8 cm³/mol. The molecule has 0 saturated carbocycles. The maximum Gasteiger partial charge on any atom is 0.249 e. The van der Waals surface area contributed by atoms with Gasteiger partial charge >= 0.3 is 0 Å². The number of nitrogens with zero attached hydrogens (tertiary/aromatic N) is 3. The van der Waals surface area contributed by atoms with Crippen molar-refractivity contribution in [3.63, 3.8) is 0 Å². The molecule has 0 aliphatic heterocycles. The van der Waals surface area contributed by atoms with E-state index < -0.39 is 0 Å². The molecule has 0 atom stereocenters. The quantitative estimate of drug-likeness (QED) is 0.663. The molecule has 2 N–H and O–H groups in total. The van der Waals surface area contributed by atoms with Gasteiger partial charge in [0.2, 0.25) is 5.95 Å². The van der Waals surface area contributed by atoms with Gasteiger partial charge in [-0.3, -0.25) is 0 Å². The van der Waals surface area contributed by atoms with Gasteiger partial charge in [0.05, 0.1) is 6.20 Å². The number of halogens is 2. The van der Waals surface area contributed by atoms with Crippen molar-refractivity contribution in [2.24, 2.45) is 0 Å². The minimum absolute atomic E-state index is 0.378. The monoisotopic (exact) mass is 359 g/mol. The lowest BCUT2D eigenvalue weighted by molar-refractivity contribution is 0.982. The average molecular weight is 360 g/mol. The Morgan fingerprint density at radius 3 is 2.58 bits per heavy atom. The Hall–Kier alpha value is -2.37. The van der Waals surface area contributed by atoms with Crippen molar-refractivity contribution < 1.29 is 0 Å². The van der Waals surface area contributed by atoms with Crippen LogP contribution >= 0.6 is 23.2 Å². The molecular weight excluding hydrogens is 345 g/mol. The molecule has 3 rings (SSSR count). The normalized spacial score (nSPS) is 10.5. The average Bonchev–Trinajstić information content (AvgIpc) is 2.56. The number of anilines is 4. The fourth-order valence-electron chi connectivity index (χ4n) is 2.10. The van der Waals surface area contributed by atoms with Gasteiger partial charge in [-0.25, -0.2) is 0 Å². The Morgan fingerprint density at radius 1 is 0.958 bits per heavy atom. The van der Waals surface area contributed by atoms with E-state index in [9.17, 15) is 0 Å². The molecule has 1 aromatic heterocycles. The highest BCUT2D eigenvalue weighted by Crippen LogP contribution is 2.26. The summed E-state index contributed by atoms with van der Waals surface area (Å²) in [6, 6.07) is 11.3. The fraction of sp³-hybridized carbons (Fsp3) is 0.118. The van der Waals surface area contributed by atoms with E-state index in [1.807, 2.05) is 50.2 Å². The molecule has 7 heteroatoms. The van der Waals surface area contributed by atoms with E-state index >= 15 is 0 Å². The molecule has 5 nitrogen and oxygen atoms in total. The number of hydrogen-bond donors (Lipinski definition) is 2. The Labute approximate surface area is 150 Å². The summed E-state index contributed by atoms with van der Waals surface area (Å²) in [5, 5.41) is 15.6. The fourth-order valence-corrected chi connectivity index (χ4v) is 2.45. The van der Waals surface area contributed by atoms with Gasteiger partial charge < -0.3 is 10.6 Å². The predicted octanol–water partition coefficient (Wildman–Crippen LogP) is 5.28. The van der Waals surface area contributed by atoms with Crippen LogP contribution in [0.2, 0.25) is 10.0 Å². The van der Waals surface area contributed by atoms with E-state index in [0.29, 0.717) is 21.8 Å². The molecule has 0 aliphatic rings. The Morgan fingerprint density at radius 2 is 1.79 bits per heavy atom. The summed E-state index contributed by atoms with van der Waals surface area (Å²) < 4.78 is 0. The van der Waals surface area contributed by atoms with E-state index in [-0.39, 0.29) is 0 Å². The SMILES string of the molecule is Cc1ccc(Nc2cnnc(Nc3cccc(Cl)c3C)n2)cc1Cl. The van der Waals surface area contributed by atoms with Crippen molar-refractivity contribution in [3.8, 4) is 0 Å². The second kappa shape index (κ2) is 7.03. The summed E-state index contributed by atoms with van der Waals surface area (Å²) >= 11 is 12.3. The third-order valence-electron chi connectivity index (χ3n) is 3.52. The molecular formula is C17H15Cl2N5. The van der Waals surface area contributed by atoms with Crippen molar-refractivity contribution in [1.29, 1.82) is 0 Å². The number of nitrogens with one attached hydrogen (secondary N) is 2. The minimum atomic E-state index is 0.378. The first kappa shape index (κ1) is 16.5. The second-order valence-corrected chi connectivity index (χ2v) is 6.11. The van der Waals surface area contributed by atoms with Gasteiger partial charge in [-0.1, -0.05) is 35.3 Å². The van der Waals surface area contributed by atoms with Crippen molar-refractivity contribution in [3.05, 3.63) is 63.8 Å². The minimum Gasteiger partial charge on any atom is -0.339 e. The number of rotatable bonds is 4. The lowest BCUT2D eigenvalue weighted by Gasteiger charge is -2.10. The van der Waals surface area contributed by atoms with E-state index in [2.05, 4.69) is 25.8 Å². The van der Waals surface area contributed by atoms with Crippen molar-refractivity contribution in [2.45, 2.75) is 13.8 Å². The van der Waals surface area contributed by atoms with Crippen LogP contribution in [-0.2, 0) is 0 Å². The molecule has 2 aromatic carbocycles. The summed E-state index contributed by atoms with van der Waals surface area (Å²) in [5.74, 6) is 0.940. The maximum absolute atomic E-state index is 6.14. The molecule has 1 heterocycles. The highest BCUT2D eigenvalue weighted by molar-refractivity contribution is 6.32. The first-order chi connectivity index (χ1) is 11.5. The third-order valence-corrected chi connectivity index (χ3v) is 4.33. The molecule has 0 amide bonds. The molecule has 0 spiro atoms. The smallest absolute Gasteiger partial charge is 0.249 e. The zero-order valence-electron chi connectivity index (χ0n) is 13.1. The van der Waals surface area contributed by atoms with Crippen LogP contribution in [-0.4, -0.2) is 15.2 Å². The molecule has 0 unspecified atom stereocenters. The number of aryl methyl sites for hydroxylation is 1. The van der Waals surface area contributed by atoms with Gasteiger partial charge in [-0.05, 0) is 49.2 Å². The van der Waals surface area contributed by atoms with Crippen LogP contribution in [0.5, 0.6) is 0 Å². The largest absolute Gasteiger partial charge is 0.339 e. The van der Waals surface area contributed by atoms with Crippen LogP contribution < -0.4 is 10.6 Å². The topological polar surface area (TPSA) is 62.7 Å². The van der Waals surface area contributed by atoms with Gasteiger partial charge in [0.25, 0.3) is 0 Å². The van der Waals surface area contributed by atoms with Crippen molar-refractivity contribution in [1.82, 2.24) is 15.2 Å². The Balaban J connectivity index is 1.81. The summed E-state index contributed by atoms with van der Waals surface area (Å²) in [4.78, 5) is 4.40. The van der Waals surface area contributed by atoms with Gasteiger partial charge in [-0.15, -0.1) is 5.10 Å². The number of benzene rings is 2. The van der Waals surface area contributed by atoms with Gasteiger partial charge in [0, 0.05) is 21.4 Å². The number of hydrogen-bond acceptors (Lipinski definition) is 5. The summed E-state index contributed by atoms with van der Waals surface area (Å²) in [6.45, 7) is 3.88. The van der Waals surface area contributed by atoms with Crippen LogP contribution in [0, 0.1) is 13.8 Å². The second-order valence-electron chi connectivity index (χ2n) is 5.29. The highest BCUT2D eigenvalue weighted by Gasteiger charge is 2.06. The van der Waals surface area contributed by atoms with Crippen molar-refractivity contribution >= 4 is 46.3 Å². The summed E-state index contributed by atoms with van der Waals surface area (Å²) in [5.41, 5.74) is 3.60. The molecule has 0 saturated heterocycles. The standard InChI is InChI=1S/C17H15Cl2N5/c1-10-6-7-12(8-14(10)19)21-16-9-20-24-17(23-16)22-15-5-3-4-13(18)11(15)2/h3-9H,1-2H3,(H2,21,22,23,24).